The normalized spacial score (nSPS) is 22.7. The van der Waals surface area contributed by atoms with Crippen LogP contribution in [0.5, 0.6) is 0 Å². The van der Waals surface area contributed by atoms with Crippen LogP contribution in [0.15, 0.2) is 30.3 Å². The van der Waals surface area contributed by atoms with E-state index in [4.69, 9.17) is 10.5 Å². The van der Waals surface area contributed by atoms with Crippen molar-refractivity contribution < 1.29 is 9.53 Å². The fraction of sp³-hybridized carbons (Fsp3) is 0.588. The molecule has 21 heavy (non-hydrogen) atoms. The number of benzene rings is 1. The highest BCUT2D eigenvalue weighted by Crippen LogP contribution is 2.28. The number of anilines is 1. The van der Waals surface area contributed by atoms with E-state index in [1.54, 1.807) is 4.90 Å². The number of ether oxygens (including phenoxy) is 1. The Kier molecular flexibility index (Phi) is 4.88. The van der Waals surface area contributed by atoms with Gasteiger partial charge >= 0.3 is 6.09 Å². The van der Waals surface area contributed by atoms with Crippen LogP contribution in [0.1, 0.15) is 46.5 Å². The van der Waals surface area contributed by atoms with E-state index < -0.39 is 5.60 Å². The van der Waals surface area contributed by atoms with Crippen LogP contribution in [0.3, 0.4) is 0 Å². The standard InChI is InChI=1S/C17H26N2O2/c1-17(2,3)21-16(20)19(13-9-5-4-6-10-13)15-12-8-7-11-14(15)18/h4-6,9-10,14-15H,7-8,11-12,18H2,1-3H3. The number of hydrogen-bond acceptors (Lipinski definition) is 3. The van der Waals surface area contributed by atoms with Crippen molar-refractivity contribution in [1.82, 2.24) is 0 Å². The van der Waals surface area contributed by atoms with Crippen molar-refractivity contribution in [3.63, 3.8) is 0 Å². The van der Waals surface area contributed by atoms with Crippen molar-refractivity contribution in [2.24, 2.45) is 5.73 Å². The van der Waals surface area contributed by atoms with Crippen LogP contribution in [0.4, 0.5) is 10.5 Å². The first-order valence-corrected chi connectivity index (χ1v) is 7.71. The molecule has 2 unspecified atom stereocenters. The molecule has 0 radical (unpaired) electrons. The molecule has 4 nitrogen and oxygen atoms in total. The highest BCUT2D eigenvalue weighted by molar-refractivity contribution is 5.88. The molecule has 1 aliphatic carbocycles. The Bertz CT molecular complexity index is 467. The van der Waals surface area contributed by atoms with Gasteiger partial charge in [0.05, 0.1) is 6.04 Å². The van der Waals surface area contributed by atoms with Gasteiger partial charge in [-0.15, -0.1) is 0 Å². The molecule has 2 atom stereocenters. The summed E-state index contributed by atoms with van der Waals surface area (Å²) in [6, 6.07) is 9.69. The topological polar surface area (TPSA) is 55.6 Å². The van der Waals surface area contributed by atoms with Crippen molar-refractivity contribution in [1.29, 1.82) is 0 Å². The van der Waals surface area contributed by atoms with Crippen LogP contribution < -0.4 is 10.6 Å². The van der Waals surface area contributed by atoms with Gasteiger partial charge in [-0.25, -0.2) is 4.79 Å². The number of para-hydroxylation sites is 1. The zero-order chi connectivity index (χ0) is 15.5. The Morgan fingerprint density at radius 3 is 2.38 bits per heavy atom. The first kappa shape index (κ1) is 15.8. The van der Waals surface area contributed by atoms with Gasteiger partial charge in [0, 0.05) is 11.7 Å². The van der Waals surface area contributed by atoms with Gasteiger partial charge in [-0.05, 0) is 45.7 Å². The molecule has 1 amide bonds. The van der Waals surface area contributed by atoms with Crippen molar-refractivity contribution in [2.75, 3.05) is 4.90 Å². The maximum atomic E-state index is 12.7. The first-order chi connectivity index (χ1) is 9.88. The first-order valence-electron chi connectivity index (χ1n) is 7.71. The molecule has 0 aliphatic heterocycles. The fourth-order valence-corrected chi connectivity index (χ4v) is 2.79. The zero-order valence-corrected chi connectivity index (χ0v) is 13.2. The van der Waals surface area contributed by atoms with E-state index in [1.165, 1.54) is 0 Å². The van der Waals surface area contributed by atoms with Crippen LogP contribution in [0.25, 0.3) is 0 Å². The Morgan fingerprint density at radius 1 is 1.19 bits per heavy atom. The average Bonchev–Trinajstić information content (AvgIpc) is 2.40. The molecule has 1 fully saturated rings. The molecular formula is C17H26N2O2. The van der Waals surface area contributed by atoms with E-state index in [1.807, 2.05) is 51.1 Å². The molecule has 116 valence electrons. The summed E-state index contributed by atoms with van der Waals surface area (Å²) in [6.45, 7) is 5.65. The lowest BCUT2D eigenvalue weighted by molar-refractivity contribution is 0.0553. The van der Waals surface area contributed by atoms with Gasteiger partial charge in [-0.1, -0.05) is 31.0 Å². The quantitative estimate of drug-likeness (QED) is 0.903. The molecule has 1 aliphatic rings. The predicted octanol–water partition coefficient (Wildman–Crippen LogP) is 3.70. The maximum Gasteiger partial charge on any atom is 0.415 e. The minimum atomic E-state index is -0.511. The maximum absolute atomic E-state index is 12.7. The highest BCUT2D eigenvalue weighted by Gasteiger charge is 2.34. The number of amides is 1. The van der Waals surface area contributed by atoms with Crippen molar-refractivity contribution in [2.45, 2.75) is 64.1 Å². The molecule has 0 saturated heterocycles. The summed E-state index contributed by atoms with van der Waals surface area (Å²) in [6.07, 6.45) is 3.81. The third kappa shape index (κ3) is 4.21. The second-order valence-corrected chi connectivity index (χ2v) is 6.70. The molecular weight excluding hydrogens is 264 g/mol. The number of nitrogens with zero attached hydrogens (tertiary/aromatic N) is 1. The van der Waals surface area contributed by atoms with E-state index in [0.29, 0.717) is 0 Å². The van der Waals surface area contributed by atoms with Crippen LogP contribution in [0.2, 0.25) is 0 Å². The number of hydrogen-bond donors (Lipinski definition) is 1. The van der Waals surface area contributed by atoms with Gasteiger partial charge in [0.1, 0.15) is 5.60 Å². The zero-order valence-electron chi connectivity index (χ0n) is 13.2. The Hall–Kier alpha value is -1.55. The van der Waals surface area contributed by atoms with Crippen molar-refractivity contribution in [3.8, 4) is 0 Å². The smallest absolute Gasteiger partial charge is 0.415 e. The highest BCUT2D eigenvalue weighted by atomic mass is 16.6. The SMILES string of the molecule is CC(C)(C)OC(=O)N(c1ccccc1)C1CCCCC1N. The van der Waals surface area contributed by atoms with Crippen molar-refractivity contribution >= 4 is 11.8 Å². The van der Waals surface area contributed by atoms with Gasteiger partial charge in [-0.2, -0.15) is 0 Å². The van der Waals surface area contributed by atoms with Gasteiger partial charge in [0.15, 0.2) is 0 Å². The molecule has 2 N–H and O–H groups in total. The lowest BCUT2D eigenvalue weighted by Gasteiger charge is -2.38. The van der Waals surface area contributed by atoms with Crippen LogP contribution in [-0.2, 0) is 4.74 Å². The largest absolute Gasteiger partial charge is 0.443 e. The van der Waals surface area contributed by atoms with E-state index in [-0.39, 0.29) is 18.2 Å². The molecule has 4 heteroatoms. The fourth-order valence-electron chi connectivity index (χ4n) is 2.79. The molecule has 1 aromatic carbocycles. The molecule has 0 heterocycles. The number of carbonyl (C=O) groups is 1. The summed E-state index contributed by atoms with van der Waals surface area (Å²) in [4.78, 5) is 14.4. The number of nitrogens with two attached hydrogens (primary N) is 1. The summed E-state index contributed by atoms with van der Waals surface area (Å²) >= 11 is 0. The predicted molar refractivity (Wildman–Crippen MR) is 85.4 cm³/mol. The second-order valence-electron chi connectivity index (χ2n) is 6.70. The molecule has 1 saturated carbocycles. The van der Waals surface area contributed by atoms with Gasteiger partial charge in [0.25, 0.3) is 0 Å². The lowest BCUT2D eigenvalue weighted by atomic mass is 9.89. The monoisotopic (exact) mass is 290 g/mol. The third-order valence-electron chi connectivity index (χ3n) is 3.74. The molecule has 2 rings (SSSR count). The minimum absolute atomic E-state index is 0.00599. The third-order valence-corrected chi connectivity index (χ3v) is 3.74. The summed E-state index contributed by atoms with van der Waals surface area (Å²) in [5, 5.41) is 0. The average molecular weight is 290 g/mol. The van der Waals surface area contributed by atoms with Crippen molar-refractivity contribution in [3.05, 3.63) is 30.3 Å². The molecule has 0 aromatic heterocycles. The number of rotatable bonds is 2. The molecule has 0 spiro atoms. The van der Waals surface area contributed by atoms with E-state index in [2.05, 4.69) is 0 Å². The van der Waals surface area contributed by atoms with Crippen LogP contribution in [-0.4, -0.2) is 23.8 Å². The summed E-state index contributed by atoms with van der Waals surface area (Å²) in [7, 11) is 0. The second kappa shape index (κ2) is 6.48. The summed E-state index contributed by atoms with van der Waals surface area (Å²) in [5.41, 5.74) is 6.61. The molecule has 1 aromatic rings. The van der Waals surface area contributed by atoms with E-state index >= 15 is 0 Å². The van der Waals surface area contributed by atoms with Gasteiger partial charge < -0.3 is 10.5 Å². The van der Waals surface area contributed by atoms with E-state index in [9.17, 15) is 4.79 Å². The number of carbonyl (C=O) groups excluding carboxylic acids is 1. The van der Waals surface area contributed by atoms with E-state index in [0.717, 1.165) is 31.4 Å². The lowest BCUT2D eigenvalue weighted by Crippen LogP contribution is -2.53. The Labute approximate surface area is 127 Å². The molecule has 0 bridgehead atoms. The van der Waals surface area contributed by atoms with Gasteiger partial charge in [0.2, 0.25) is 0 Å². The summed E-state index contributed by atoms with van der Waals surface area (Å²) in [5.74, 6) is 0. The van der Waals surface area contributed by atoms with Crippen LogP contribution >= 0.6 is 0 Å². The Morgan fingerprint density at radius 2 is 1.81 bits per heavy atom. The Balaban J connectivity index is 2.28. The summed E-state index contributed by atoms with van der Waals surface area (Å²) < 4.78 is 5.59. The van der Waals surface area contributed by atoms with Gasteiger partial charge in [-0.3, -0.25) is 4.90 Å². The minimum Gasteiger partial charge on any atom is -0.443 e. The van der Waals surface area contributed by atoms with Crippen LogP contribution in [0, 0.1) is 0 Å².